The minimum absolute atomic E-state index is 0.178. The second kappa shape index (κ2) is 10.4. The molecule has 0 spiro atoms. The zero-order valence-electron chi connectivity index (χ0n) is 13.4. The average Bonchev–Trinajstić information content (AvgIpc) is 2.96. The molecule has 1 aromatic heterocycles. The fourth-order valence-corrected chi connectivity index (χ4v) is 2.19. The van der Waals surface area contributed by atoms with Crippen LogP contribution < -0.4 is 11.1 Å². The number of carbonyl (C=O) groups is 1. The molecule has 1 unspecified atom stereocenters. The first-order valence-corrected chi connectivity index (χ1v) is 8.18. The summed E-state index contributed by atoms with van der Waals surface area (Å²) in [5.41, 5.74) is 6.23. The molecule has 1 rings (SSSR count). The Morgan fingerprint density at radius 3 is 2.67 bits per heavy atom. The zero-order valence-corrected chi connectivity index (χ0v) is 13.4. The van der Waals surface area contributed by atoms with Gasteiger partial charge in [0, 0.05) is 6.54 Å². The number of oxazole rings is 1. The molecule has 3 N–H and O–H groups in total. The molecule has 0 saturated carbocycles. The maximum Gasteiger partial charge on any atom is 0.273 e. The van der Waals surface area contributed by atoms with Crippen molar-refractivity contribution in [1.82, 2.24) is 10.3 Å². The van der Waals surface area contributed by atoms with Crippen molar-refractivity contribution >= 4 is 5.91 Å². The third-order valence-electron chi connectivity index (χ3n) is 3.49. The smallest absolute Gasteiger partial charge is 0.273 e. The van der Waals surface area contributed by atoms with Crippen LogP contribution in [-0.2, 0) is 0 Å². The highest BCUT2D eigenvalue weighted by Gasteiger charge is 2.15. The van der Waals surface area contributed by atoms with Gasteiger partial charge in [0.05, 0.1) is 6.04 Å². The molecule has 0 fully saturated rings. The summed E-state index contributed by atoms with van der Waals surface area (Å²) in [5.74, 6) is 0.267. The van der Waals surface area contributed by atoms with Crippen molar-refractivity contribution in [3.63, 3.8) is 0 Å². The van der Waals surface area contributed by atoms with E-state index in [2.05, 4.69) is 24.1 Å². The Balaban J connectivity index is 2.23. The molecule has 120 valence electrons. The summed E-state index contributed by atoms with van der Waals surface area (Å²) >= 11 is 0. The number of amides is 1. The average molecular weight is 295 g/mol. The van der Waals surface area contributed by atoms with E-state index < -0.39 is 0 Å². The molecule has 5 heteroatoms. The van der Waals surface area contributed by atoms with Crippen LogP contribution >= 0.6 is 0 Å². The molecule has 5 nitrogen and oxygen atoms in total. The molecule has 0 radical (unpaired) electrons. The Morgan fingerprint density at radius 1 is 1.24 bits per heavy atom. The second-order valence-electron chi connectivity index (χ2n) is 5.49. The lowest BCUT2D eigenvalue weighted by Crippen LogP contribution is -2.25. The molecule has 0 saturated heterocycles. The van der Waals surface area contributed by atoms with E-state index in [1.165, 1.54) is 31.9 Å². The first-order chi connectivity index (χ1) is 10.2. The van der Waals surface area contributed by atoms with Crippen molar-refractivity contribution in [3.8, 4) is 0 Å². The largest absolute Gasteiger partial charge is 0.446 e. The number of nitrogens with zero attached hydrogens (tertiary/aromatic N) is 1. The lowest BCUT2D eigenvalue weighted by molar-refractivity contribution is 0.0948. The predicted octanol–water partition coefficient (Wildman–Crippen LogP) is 3.56. The summed E-state index contributed by atoms with van der Waals surface area (Å²) in [6.07, 6.45) is 10.4. The van der Waals surface area contributed by atoms with Gasteiger partial charge in [-0.15, -0.1) is 0 Å². The van der Waals surface area contributed by atoms with Crippen LogP contribution in [0, 0.1) is 0 Å². The van der Waals surface area contributed by atoms with Crippen LogP contribution in [0.5, 0.6) is 0 Å². The van der Waals surface area contributed by atoms with Gasteiger partial charge in [-0.05, 0) is 12.8 Å². The van der Waals surface area contributed by atoms with E-state index in [9.17, 15) is 4.79 Å². The van der Waals surface area contributed by atoms with Crippen LogP contribution in [0.3, 0.4) is 0 Å². The number of rotatable bonds is 11. The topological polar surface area (TPSA) is 81.2 Å². The molecule has 0 bridgehead atoms. The minimum atomic E-state index is -0.227. The van der Waals surface area contributed by atoms with Crippen LogP contribution in [0.4, 0.5) is 0 Å². The van der Waals surface area contributed by atoms with Gasteiger partial charge in [0.25, 0.3) is 5.91 Å². The Morgan fingerprint density at radius 2 is 1.95 bits per heavy atom. The van der Waals surface area contributed by atoms with E-state index in [0.717, 1.165) is 25.7 Å². The van der Waals surface area contributed by atoms with Gasteiger partial charge in [-0.1, -0.05) is 52.4 Å². The molecule has 0 aromatic carbocycles. The molecule has 0 aliphatic rings. The van der Waals surface area contributed by atoms with Crippen LogP contribution in [0.1, 0.15) is 87.6 Å². The van der Waals surface area contributed by atoms with Gasteiger partial charge in [0.15, 0.2) is 5.69 Å². The summed E-state index contributed by atoms with van der Waals surface area (Å²) in [6.45, 7) is 4.95. The third kappa shape index (κ3) is 6.76. The summed E-state index contributed by atoms with van der Waals surface area (Å²) in [4.78, 5) is 16.1. The Kier molecular flexibility index (Phi) is 8.74. The van der Waals surface area contributed by atoms with Crippen molar-refractivity contribution in [2.24, 2.45) is 5.73 Å². The molecule has 1 aromatic rings. The van der Waals surface area contributed by atoms with Gasteiger partial charge in [0.1, 0.15) is 6.26 Å². The van der Waals surface area contributed by atoms with E-state index in [1.807, 2.05) is 0 Å². The number of carbonyl (C=O) groups excluding carboxylic acids is 1. The first kappa shape index (κ1) is 17.7. The fourth-order valence-electron chi connectivity index (χ4n) is 2.19. The fraction of sp³-hybridized carbons (Fsp3) is 0.750. The number of aromatic nitrogens is 1. The molecule has 1 heterocycles. The van der Waals surface area contributed by atoms with Crippen LogP contribution in [0.15, 0.2) is 10.7 Å². The molecule has 0 aliphatic carbocycles. The zero-order chi connectivity index (χ0) is 15.5. The van der Waals surface area contributed by atoms with Gasteiger partial charge in [-0.25, -0.2) is 4.98 Å². The molecular formula is C16H29N3O2. The van der Waals surface area contributed by atoms with Gasteiger partial charge in [-0.2, -0.15) is 0 Å². The highest BCUT2D eigenvalue weighted by atomic mass is 16.3. The van der Waals surface area contributed by atoms with Crippen molar-refractivity contribution in [3.05, 3.63) is 17.8 Å². The number of nitrogens with two attached hydrogens (primary N) is 1. The number of nitrogens with one attached hydrogen (secondary N) is 1. The number of hydrogen-bond donors (Lipinski definition) is 2. The maximum atomic E-state index is 11.9. The van der Waals surface area contributed by atoms with E-state index in [-0.39, 0.29) is 11.9 Å². The van der Waals surface area contributed by atoms with E-state index in [0.29, 0.717) is 18.1 Å². The normalized spacial score (nSPS) is 12.3. The molecular weight excluding hydrogens is 266 g/mol. The lowest BCUT2D eigenvalue weighted by Gasteiger charge is -2.04. The van der Waals surface area contributed by atoms with E-state index in [1.54, 1.807) is 0 Å². The lowest BCUT2D eigenvalue weighted by atomic mass is 10.1. The van der Waals surface area contributed by atoms with Crippen molar-refractivity contribution in [2.75, 3.05) is 6.54 Å². The minimum Gasteiger partial charge on any atom is -0.446 e. The predicted molar refractivity (Wildman–Crippen MR) is 84.0 cm³/mol. The van der Waals surface area contributed by atoms with Crippen LogP contribution in [-0.4, -0.2) is 17.4 Å². The summed E-state index contributed by atoms with van der Waals surface area (Å²) in [7, 11) is 0. The van der Waals surface area contributed by atoms with E-state index >= 15 is 0 Å². The second-order valence-corrected chi connectivity index (χ2v) is 5.49. The van der Waals surface area contributed by atoms with Crippen molar-refractivity contribution in [2.45, 2.75) is 71.3 Å². The standard InChI is InChI=1S/C16H29N3O2/c1-3-5-6-7-8-9-11-18-15(20)14-12-21-16(19-14)13(17)10-4-2/h12-13H,3-11,17H2,1-2H3,(H,18,20). The van der Waals surface area contributed by atoms with Gasteiger partial charge in [0.2, 0.25) is 5.89 Å². The summed E-state index contributed by atoms with van der Waals surface area (Å²) in [6, 6.07) is -0.227. The van der Waals surface area contributed by atoms with Gasteiger partial charge in [-0.3, -0.25) is 4.79 Å². The van der Waals surface area contributed by atoms with Crippen molar-refractivity contribution < 1.29 is 9.21 Å². The first-order valence-electron chi connectivity index (χ1n) is 8.18. The van der Waals surface area contributed by atoms with Gasteiger partial charge >= 0.3 is 0 Å². The Labute approximate surface area is 127 Å². The molecule has 1 atom stereocenters. The Bertz CT molecular complexity index is 404. The number of unbranched alkanes of at least 4 members (excludes halogenated alkanes) is 5. The summed E-state index contributed by atoms with van der Waals surface area (Å²) < 4.78 is 5.27. The van der Waals surface area contributed by atoms with Crippen LogP contribution in [0.2, 0.25) is 0 Å². The highest BCUT2D eigenvalue weighted by molar-refractivity contribution is 5.91. The van der Waals surface area contributed by atoms with Crippen molar-refractivity contribution in [1.29, 1.82) is 0 Å². The van der Waals surface area contributed by atoms with Crippen LogP contribution in [0.25, 0.3) is 0 Å². The molecule has 0 aliphatic heterocycles. The summed E-state index contributed by atoms with van der Waals surface area (Å²) in [5, 5.41) is 2.87. The molecule has 1 amide bonds. The SMILES string of the molecule is CCCCCCCCNC(=O)c1coc(C(N)CCC)n1. The van der Waals surface area contributed by atoms with Gasteiger partial charge < -0.3 is 15.5 Å². The van der Waals surface area contributed by atoms with E-state index in [4.69, 9.17) is 10.2 Å². The third-order valence-corrected chi connectivity index (χ3v) is 3.49. The maximum absolute atomic E-state index is 11.9. The Hall–Kier alpha value is -1.36. The molecule has 21 heavy (non-hydrogen) atoms. The highest BCUT2D eigenvalue weighted by Crippen LogP contribution is 2.14. The quantitative estimate of drug-likeness (QED) is 0.611. The number of hydrogen-bond acceptors (Lipinski definition) is 4. The monoisotopic (exact) mass is 295 g/mol.